The molecule has 0 saturated heterocycles. The number of aromatic nitrogens is 2. The first-order valence-corrected chi connectivity index (χ1v) is 7.87. The number of fused-ring (bicyclic) bond motifs is 2. The summed E-state index contributed by atoms with van der Waals surface area (Å²) in [4.78, 5) is 36.5. The zero-order valence-corrected chi connectivity index (χ0v) is 14.0. The smallest absolute Gasteiger partial charge is 0.343 e. The SMILES string of the molecule is Cc1cc2c(c(=O)o1)C(c1ccc3c(c1)n(C)c(=O)n3C)CC(=O)O2. The molecule has 1 aromatic carbocycles. The quantitative estimate of drug-likeness (QED) is 0.628. The average Bonchev–Trinajstić information content (AvgIpc) is 2.77. The van der Waals surface area contributed by atoms with Crippen LogP contribution in [0.3, 0.4) is 0 Å². The third kappa shape index (κ3) is 2.23. The summed E-state index contributed by atoms with van der Waals surface area (Å²) in [7, 11) is 3.39. The van der Waals surface area contributed by atoms with Gasteiger partial charge < -0.3 is 9.15 Å². The van der Waals surface area contributed by atoms with Crippen LogP contribution in [0, 0.1) is 6.92 Å². The third-order valence-corrected chi connectivity index (χ3v) is 4.71. The molecule has 128 valence electrons. The molecule has 0 saturated carbocycles. The van der Waals surface area contributed by atoms with Crippen molar-refractivity contribution in [3.63, 3.8) is 0 Å². The van der Waals surface area contributed by atoms with E-state index < -0.39 is 17.5 Å². The van der Waals surface area contributed by atoms with Crippen molar-refractivity contribution in [1.82, 2.24) is 9.13 Å². The Hall–Kier alpha value is -3.09. The predicted molar refractivity (Wildman–Crippen MR) is 90.0 cm³/mol. The molecule has 7 heteroatoms. The molecule has 0 spiro atoms. The summed E-state index contributed by atoms with van der Waals surface area (Å²) >= 11 is 0. The Morgan fingerprint density at radius 3 is 2.52 bits per heavy atom. The number of hydrogen-bond acceptors (Lipinski definition) is 5. The molecular weight excluding hydrogens is 324 g/mol. The zero-order chi connectivity index (χ0) is 17.9. The largest absolute Gasteiger partial charge is 0.428 e. The monoisotopic (exact) mass is 340 g/mol. The minimum Gasteiger partial charge on any atom is -0.428 e. The van der Waals surface area contributed by atoms with Gasteiger partial charge in [-0.1, -0.05) is 6.07 Å². The van der Waals surface area contributed by atoms with Crippen molar-refractivity contribution in [2.24, 2.45) is 14.1 Å². The summed E-state index contributed by atoms with van der Waals surface area (Å²) in [5, 5.41) is 0. The average molecular weight is 340 g/mol. The number of rotatable bonds is 1. The van der Waals surface area contributed by atoms with Crippen molar-refractivity contribution in [2.75, 3.05) is 0 Å². The molecule has 25 heavy (non-hydrogen) atoms. The Morgan fingerprint density at radius 1 is 1.04 bits per heavy atom. The molecule has 0 fully saturated rings. The molecule has 0 aliphatic carbocycles. The van der Waals surface area contributed by atoms with E-state index in [9.17, 15) is 14.4 Å². The highest BCUT2D eigenvalue weighted by Crippen LogP contribution is 2.37. The predicted octanol–water partition coefficient (Wildman–Crippen LogP) is 1.58. The number of carbonyl (C=O) groups is 1. The van der Waals surface area contributed by atoms with E-state index in [-0.39, 0.29) is 17.9 Å². The molecule has 0 radical (unpaired) electrons. The summed E-state index contributed by atoms with van der Waals surface area (Å²) < 4.78 is 13.5. The molecule has 0 bridgehead atoms. The van der Waals surface area contributed by atoms with Gasteiger partial charge in [0.1, 0.15) is 11.5 Å². The van der Waals surface area contributed by atoms with E-state index in [1.54, 1.807) is 36.2 Å². The highest BCUT2D eigenvalue weighted by molar-refractivity contribution is 5.80. The number of esters is 1. The van der Waals surface area contributed by atoms with Crippen LogP contribution >= 0.6 is 0 Å². The van der Waals surface area contributed by atoms with Crippen LogP contribution in [0.4, 0.5) is 0 Å². The van der Waals surface area contributed by atoms with Gasteiger partial charge >= 0.3 is 17.3 Å². The first-order valence-electron chi connectivity index (χ1n) is 7.87. The van der Waals surface area contributed by atoms with Gasteiger partial charge in [-0.3, -0.25) is 13.9 Å². The first kappa shape index (κ1) is 15.4. The molecule has 1 unspecified atom stereocenters. The van der Waals surface area contributed by atoms with E-state index >= 15 is 0 Å². The maximum atomic E-state index is 12.3. The maximum absolute atomic E-state index is 12.3. The highest BCUT2D eigenvalue weighted by Gasteiger charge is 2.32. The number of imidazole rings is 1. The summed E-state index contributed by atoms with van der Waals surface area (Å²) in [6.07, 6.45) is 0.0487. The lowest BCUT2D eigenvalue weighted by atomic mass is 9.87. The number of nitrogens with zero attached hydrogens (tertiary/aromatic N) is 2. The van der Waals surface area contributed by atoms with Gasteiger partial charge in [0.05, 0.1) is 23.0 Å². The lowest BCUT2D eigenvalue weighted by Gasteiger charge is -2.23. The van der Waals surface area contributed by atoms with Gasteiger partial charge in [0.15, 0.2) is 0 Å². The fourth-order valence-electron chi connectivity index (χ4n) is 3.45. The molecule has 4 rings (SSSR count). The zero-order valence-electron chi connectivity index (χ0n) is 14.0. The number of aryl methyl sites for hydroxylation is 3. The number of hydrogen-bond donors (Lipinski definition) is 0. The summed E-state index contributed by atoms with van der Waals surface area (Å²) in [5.41, 5.74) is 1.99. The van der Waals surface area contributed by atoms with Gasteiger partial charge in [-0.2, -0.15) is 0 Å². The third-order valence-electron chi connectivity index (χ3n) is 4.71. The number of benzene rings is 1. The van der Waals surface area contributed by atoms with Crippen LogP contribution in [-0.4, -0.2) is 15.1 Å². The maximum Gasteiger partial charge on any atom is 0.343 e. The summed E-state index contributed by atoms with van der Waals surface area (Å²) in [6.45, 7) is 1.63. The lowest BCUT2D eigenvalue weighted by molar-refractivity contribution is -0.135. The van der Waals surface area contributed by atoms with Gasteiger partial charge in [0.25, 0.3) is 0 Å². The van der Waals surface area contributed by atoms with Crippen LogP contribution in [-0.2, 0) is 18.9 Å². The Labute approximate surface area is 142 Å². The molecule has 3 aromatic rings. The second-order valence-corrected chi connectivity index (χ2v) is 6.30. The van der Waals surface area contributed by atoms with Crippen LogP contribution in [0.5, 0.6) is 5.75 Å². The van der Waals surface area contributed by atoms with Crippen molar-refractivity contribution in [3.8, 4) is 5.75 Å². The topological polar surface area (TPSA) is 83.4 Å². The molecule has 2 aromatic heterocycles. The molecule has 7 nitrogen and oxygen atoms in total. The molecule has 0 amide bonds. The van der Waals surface area contributed by atoms with Crippen molar-refractivity contribution in [2.45, 2.75) is 19.3 Å². The minimum atomic E-state index is -0.505. The van der Waals surface area contributed by atoms with Crippen LogP contribution in [0.1, 0.15) is 29.2 Å². The molecule has 1 aliphatic rings. The summed E-state index contributed by atoms with van der Waals surface area (Å²) in [6, 6.07) is 7.04. The molecule has 1 aliphatic heterocycles. The highest BCUT2D eigenvalue weighted by atomic mass is 16.5. The molecule has 3 heterocycles. The fourth-order valence-corrected chi connectivity index (χ4v) is 3.45. The molecule has 1 atom stereocenters. The molecular formula is C18H16N2O5. The van der Waals surface area contributed by atoms with Crippen molar-refractivity contribution < 1.29 is 13.9 Å². The van der Waals surface area contributed by atoms with E-state index in [2.05, 4.69) is 0 Å². The van der Waals surface area contributed by atoms with Gasteiger partial charge in [0, 0.05) is 26.1 Å². The van der Waals surface area contributed by atoms with Crippen molar-refractivity contribution in [3.05, 3.63) is 62.1 Å². The van der Waals surface area contributed by atoms with Crippen LogP contribution in [0.15, 0.2) is 38.3 Å². The molecule has 0 N–H and O–H groups in total. The number of ether oxygens (including phenoxy) is 1. The van der Waals surface area contributed by atoms with Crippen LogP contribution in [0.2, 0.25) is 0 Å². The Bertz CT molecular complexity index is 1150. The summed E-state index contributed by atoms with van der Waals surface area (Å²) in [5.74, 6) is -0.229. The lowest BCUT2D eigenvalue weighted by Crippen LogP contribution is -2.26. The minimum absolute atomic E-state index is 0.0487. The Balaban J connectivity index is 1.96. The Morgan fingerprint density at radius 2 is 1.76 bits per heavy atom. The van der Waals surface area contributed by atoms with Gasteiger partial charge in [-0.05, 0) is 24.6 Å². The van der Waals surface area contributed by atoms with Crippen LogP contribution in [0.25, 0.3) is 11.0 Å². The first-order chi connectivity index (χ1) is 11.9. The van der Waals surface area contributed by atoms with Gasteiger partial charge in [-0.15, -0.1) is 0 Å². The Kier molecular flexibility index (Phi) is 3.21. The number of carbonyl (C=O) groups excluding carboxylic acids is 1. The normalized spacial score (nSPS) is 16.8. The van der Waals surface area contributed by atoms with E-state index in [1.807, 2.05) is 18.2 Å². The second kappa shape index (κ2) is 5.20. The van der Waals surface area contributed by atoms with Gasteiger partial charge in [-0.25, -0.2) is 9.59 Å². The standard InChI is InChI=1S/C18H16N2O5/c1-9-6-14-16(17(22)24-9)11(8-15(21)25-14)10-4-5-12-13(7-10)20(3)18(23)19(12)2/h4-7,11H,8H2,1-3H3. The fraction of sp³-hybridized carbons (Fsp3) is 0.278. The van der Waals surface area contributed by atoms with Crippen molar-refractivity contribution in [1.29, 1.82) is 0 Å². The second-order valence-electron chi connectivity index (χ2n) is 6.30. The van der Waals surface area contributed by atoms with Crippen molar-refractivity contribution >= 4 is 17.0 Å². The van der Waals surface area contributed by atoms with Gasteiger partial charge in [0.2, 0.25) is 0 Å². The van der Waals surface area contributed by atoms with E-state index in [0.29, 0.717) is 11.3 Å². The van der Waals surface area contributed by atoms with E-state index in [1.165, 1.54) is 0 Å². The van der Waals surface area contributed by atoms with Crippen LogP contribution < -0.4 is 16.1 Å². The van der Waals surface area contributed by atoms with E-state index in [0.717, 1.165) is 16.6 Å². The van der Waals surface area contributed by atoms with E-state index in [4.69, 9.17) is 9.15 Å².